The quantitative estimate of drug-likeness (QED) is 0.231. The molecule has 4 aromatic rings. The molecule has 2 aromatic carbocycles. The minimum absolute atomic E-state index is 0.221. The molecule has 3 amide bonds. The van der Waals surface area contributed by atoms with Crippen LogP contribution in [0.3, 0.4) is 0 Å². The van der Waals surface area contributed by atoms with E-state index in [9.17, 15) is 24.0 Å². The zero-order valence-corrected chi connectivity index (χ0v) is 25.0. The molecule has 42 heavy (non-hydrogen) atoms. The Labute approximate surface area is 253 Å². The molecule has 1 saturated heterocycles. The first-order valence-corrected chi connectivity index (χ1v) is 15.8. The van der Waals surface area contributed by atoms with Gasteiger partial charge in [0.05, 0.1) is 28.8 Å². The molecule has 4 heterocycles. The number of hydrogen-bond acceptors (Lipinski definition) is 9. The van der Waals surface area contributed by atoms with Crippen molar-refractivity contribution in [3.8, 4) is 0 Å². The number of thioether (sulfide) groups is 1. The molecule has 0 saturated carbocycles. The number of carbonyl (C=O) groups excluding carboxylic acids is 4. The van der Waals surface area contributed by atoms with Crippen LogP contribution in [0.5, 0.6) is 0 Å². The van der Waals surface area contributed by atoms with E-state index in [1.54, 1.807) is 31.2 Å². The van der Waals surface area contributed by atoms with Crippen LogP contribution >= 0.6 is 34.4 Å². The van der Waals surface area contributed by atoms with E-state index in [-0.39, 0.29) is 29.8 Å². The zero-order valence-electron chi connectivity index (χ0n) is 22.6. The fourth-order valence-corrected chi connectivity index (χ4v) is 8.95. The van der Waals surface area contributed by atoms with Crippen molar-refractivity contribution in [1.29, 1.82) is 0 Å². The number of aromatic nitrogens is 1. The van der Waals surface area contributed by atoms with E-state index < -0.39 is 29.0 Å². The van der Waals surface area contributed by atoms with Gasteiger partial charge in [0.15, 0.2) is 0 Å². The summed E-state index contributed by atoms with van der Waals surface area (Å²) >= 11 is 3.63. The average molecular weight is 620 g/mol. The maximum Gasteiger partial charge on any atom is 0.338 e. The van der Waals surface area contributed by atoms with Gasteiger partial charge in [-0.1, -0.05) is 46.9 Å². The third-order valence-electron chi connectivity index (χ3n) is 7.17. The normalized spacial score (nSPS) is 19.4. The second-order valence-electron chi connectivity index (χ2n) is 9.87. The van der Waals surface area contributed by atoms with E-state index in [2.05, 4.69) is 5.32 Å². The molecule has 12 heteroatoms. The number of carbonyl (C=O) groups is 4. The van der Waals surface area contributed by atoms with Gasteiger partial charge in [-0.05, 0) is 61.7 Å². The van der Waals surface area contributed by atoms with E-state index in [0.29, 0.717) is 26.8 Å². The molecule has 2 aliphatic heterocycles. The monoisotopic (exact) mass is 619 g/mol. The first-order valence-electron chi connectivity index (χ1n) is 13.2. The summed E-state index contributed by atoms with van der Waals surface area (Å²) < 4.78 is 6.44. The molecule has 2 aliphatic rings. The summed E-state index contributed by atoms with van der Waals surface area (Å²) in [4.78, 5) is 68.5. The minimum atomic E-state index is -0.790. The highest BCUT2D eigenvalue weighted by molar-refractivity contribution is 8.00. The Morgan fingerprint density at radius 2 is 1.71 bits per heavy atom. The molecule has 214 valence electrons. The summed E-state index contributed by atoms with van der Waals surface area (Å²) in [5.74, 6) is -2.86. The fourth-order valence-electron chi connectivity index (χ4n) is 5.23. The van der Waals surface area contributed by atoms with Crippen LogP contribution < -0.4 is 15.1 Å². The molecular formula is C30H25N3O6S3. The van der Waals surface area contributed by atoms with E-state index in [1.165, 1.54) is 32.9 Å². The van der Waals surface area contributed by atoms with Gasteiger partial charge in [0, 0.05) is 21.4 Å². The molecule has 9 nitrogen and oxygen atoms in total. The van der Waals surface area contributed by atoms with E-state index in [1.807, 2.05) is 36.6 Å². The Balaban J connectivity index is 1.34. The summed E-state index contributed by atoms with van der Waals surface area (Å²) in [6.07, 6.45) is 0. The molecule has 1 N–H and O–H groups in total. The van der Waals surface area contributed by atoms with Crippen molar-refractivity contribution in [2.75, 3.05) is 16.8 Å². The highest BCUT2D eigenvalue weighted by Gasteiger charge is 2.57. The Morgan fingerprint density at radius 1 is 0.976 bits per heavy atom. The maximum absolute atomic E-state index is 13.9. The highest BCUT2D eigenvalue weighted by Crippen LogP contribution is 2.54. The van der Waals surface area contributed by atoms with Crippen molar-refractivity contribution < 1.29 is 23.9 Å². The van der Waals surface area contributed by atoms with Crippen LogP contribution in [0.15, 0.2) is 75.9 Å². The number of benzene rings is 2. The first kappa shape index (κ1) is 28.1. The molecular weight excluding hydrogens is 595 g/mol. The number of amides is 3. The topological polar surface area (TPSA) is 115 Å². The van der Waals surface area contributed by atoms with E-state index in [4.69, 9.17) is 4.74 Å². The summed E-state index contributed by atoms with van der Waals surface area (Å²) in [5.41, 5.74) is 2.35. The lowest BCUT2D eigenvalue weighted by Crippen LogP contribution is -2.32. The number of aryl methyl sites for hydroxylation is 1. The van der Waals surface area contributed by atoms with Gasteiger partial charge in [-0.3, -0.25) is 23.7 Å². The van der Waals surface area contributed by atoms with Gasteiger partial charge < -0.3 is 10.1 Å². The van der Waals surface area contributed by atoms with Gasteiger partial charge >= 0.3 is 10.8 Å². The van der Waals surface area contributed by atoms with Crippen LogP contribution in [0.2, 0.25) is 0 Å². The number of esters is 1. The maximum atomic E-state index is 13.9. The predicted octanol–water partition coefficient (Wildman–Crippen LogP) is 4.89. The van der Waals surface area contributed by atoms with E-state index >= 15 is 0 Å². The molecule has 3 atom stereocenters. The van der Waals surface area contributed by atoms with Gasteiger partial charge in [0.1, 0.15) is 11.8 Å². The highest BCUT2D eigenvalue weighted by atomic mass is 32.2. The number of thiazole rings is 1. The van der Waals surface area contributed by atoms with Crippen molar-refractivity contribution in [2.24, 2.45) is 5.92 Å². The molecule has 0 spiro atoms. The van der Waals surface area contributed by atoms with Crippen molar-refractivity contribution in [3.63, 3.8) is 0 Å². The molecule has 2 unspecified atom stereocenters. The summed E-state index contributed by atoms with van der Waals surface area (Å²) in [5, 5.41) is 4.47. The molecule has 6 rings (SSSR count). The third-order valence-corrected chi connectivity index (χ3v) is 10.7. The number of imide groups is 1. The minimum Gasteiger partial charge on any atom is -0.462 e. The summed E-state index contributed by atoms with van der Waals surface area (Å²) in [6.45, 7) is 3.68. The number of rotatable bonds is 7. The average Bonchev–Trinajstić information content (AvgIpc) is 3.67. The fraction of sp³-hybridized carbons (Fsp3) is 0.233. The molecule has 0 bridgehead atoms. The second-order valence-corrected chi connectivity index (χ2v) is 13.0. The SMILES string of the molecule is CCOC(=O)c1ccc(N2C(=O)C3Sc4c(sc(=O)n4CC(=O)Nc4ccc(C)cc4)[C@@H](c4cccs4)C3C2=O)cc1. The zero-order chi connectivity index (χ0) is 29.5. The first-order chi connectivity index (χ1) is 20.3. The molecule has 1 fully saturated rings. The number of nitrogens with zero attached hydrogens (tertiary/aromatic N) is 2. The Kier molecular flexibility index (Phi) is 7.60. The van der Waals surface area contributed by atoms with Crippen LogP contribution in [0.25, 0.3) is 0 Å². The van der Waals surface area contributed by atoms with Gasteiger partial charge in [-0.15, -0.1) is 11.3 Å². The van der Waals surface area contributed by atoms with Crippen LogP contribution in [-0.2, 0) is 25.7 Å². The largest absolute Gasteiger partial charge is 0.462 e. The molecule has 0 aliphatic carbocycles. The Morgan fingerprint density at radius 3 is 2.38 bits per heavy atom. The lowest BCUT2D eigenvalue weighted by atomic mass is 9.87. The van der Waals surface area contributed by atoms with Crippen LogP contribution in [0.4, 0.5) is 11.4 Å². The molecule has 2 aromatic heterocycles. The van der Waals surface area contributed by atoms with Gasteiger partial charge in [-0.25, -0.2) is 9.69 Å². The van der Waals surface area contributed by atoms with Crippen LogP contribution in [0.1, 0.15) is 38.5 Å². The van der Waals surface area contributed by atoms with Crippen molar-refractivity contribution in [3.05, 3.63) is 96.6 Å². The predicted molar refractivity (Wildman–Crippen MR) is 163 cm³/mol. The number of nitrogens with one attached hydrogen (secondary N) is 1. The number of thiophene rings is 1. The van der Waals surface area contributed by atoms with Gasteiger partial charge in [0.25, 0.3) is 0 Å². The Hall–Kier alpha value is -4.00. The van der Waals surface area contributed by atoms with Gasteiger partial charge in [0.2, 0.25) is 17.7 Å². The molecule has 0 radical (unpaired) electrons. The van der Waals surface area contributed by atoms with Crippen LogP contribution in [0, 0.1) is 12.8 Å². The summed E-state index contributed by atoms with van der Waals surface area (Å²) in [6, 6.07) is 17.3. The van der Waals surface area contributed by atoms with Crippen molar-refractivity contribution in [1.82, 2.24) is 4.57 Å². The van der Waals surface area contributed by atoms with Crippen molar-refractivity contribution >= 4 is 69.5 Å². The smallest absolute Gasteiger partial charge is 0.338 e. The third kappa shape index (κ3) is 4.99. The lowest BCUT2D eigenvalue weighted by molar-refractivity contribution is -0.122. The number of fused-ring (bicyclic) bond motifs is 2. The standard InChI is InChI=1S/C30H25N3O6S3/c1-3-39-29(37)17-8-12-19(13-9-17)33-26(35)23-22(20-5-4-14-40-20)25-28(41-24(23)27(33)36)32(30(38)42-25)15-21(34)31-18-10-6-16(2)7-11-18/h4-14,22-24H,3,15H2,1-2H3,(H,31,34)/t22-,23?,24?/m0/s1. The second kappa shape index (κ2) is 11.3. The lowest BCUT2D eigenvalue weighted by Gasteiger charge is -2.29. The Bertz CT molecular complexity index is 1740. The summed E-state index contributed by atoms with van der Waals surface area (Å²) in [7, 11) is 0. The number of ether oxygens (including phenoxy) is 1. The number of anilines is 2. The van der Waals surface area contributed by atoms with Crippen molar-refractivity contribution in [2.45, 2.75) is 36.6 Å². The van der Waals surface area contributed by atoms with E-state index in [0.717, 1.165) is 33.5 Å². The number of hydrogen-bond donors (Lipinski definition) is 1. The van der Waals surface area contributed by atoms with Crippen LogP contribution in [-0.4, -0.2) is 40.1 Å². The van der Waals surface area contributed by atoms with Gasteiger partial charge in [-0.2, -0.15) is 0 Å².